The SMILES string of the molecule is Cc1ccc(NC(=O)c2cccc(CN3CCN(S(=O)(=O)c4ccccc4)CC3)c2)cc1Cl. The maximum atomic E-state index is 12.8. The number of piperazine rings is 1. The van der Waals surface area contributed by atoms with Crippen molar-refractivity contribution in [3.63, 3.8) is 0 Å². The number of sulfonamides is 1. The van der Waals surface area contributed by atoms with Gasteiger partial charge in [0.2, 0.25) is 10.0 Å². The lowest BCUT2D eigenvalue weighted by Gasteiger charge is -2.34. The lowest BCUT2D eigenvalue weighted by Crippen LogP contribution is -2.48. The summed E-state index contributed by atoms with van der Waals surface area (Å²) in [5, 5.41) is 3.49. The highest BCUT2D eigenvalue weighted by Gasteiger charge is 2.28. The third kappa shape index (κ3) is 5.62. The lowest BCUT2D eigenvalue weighted by molar-refractivity contribution is 0.102. The minimum Gasteiger partial charge on any atom is -0.322 e. The number of nitrogens with zero attached hydrogens (tertiary/aromatic N) is 2. The number of carbonyl (C=O) groups is 1. The van der Waals surface area contributed by atoms with Gasteiger partial charge in [-0.1, -0.05) is 48.0 Å². The summed E-state index contributed by atoms with van der Waals surface area (Å²) in [5.74, 6) is -0.199. The van der Waals surface area contributed by atoms with Gasteiger partial charge in [0, 0.05) is 49.0 Å². The van der Waals surface area contributed by atoms with E-state index in [1.54, 1.807) is 42.5 Å². The second-order valence-corrected chi connectivity index (χ2v) is 10.5. The van der Waals surface area contributed by atoms with E-state index in [4.69, 9.17) is 11.6 Å². The molecule has 0 atom stereocenters. The van der Waals surface area contributed by atoms with E-state index in [9.17, 15) is 13.2 Å². The molecule has 6 nitrogen and oxygen atoms in total. The van der Waals surface area contributed by atoms with Crippen LogP contribution in [-0.2, 0) is 16.6 Å². The molecule has 1 heterocycles. The number of amides is 1. The highest BCUT2D eigenvalue weighted by Crippen LogP contribution is 2.21. The molecule has 0 saturated carbocycles. The Morgan fingerprint density at radius 1 is 0.939 bits per heavy atom. The second-order valence-electron chi connectivity index (χ2n) is 8.11. The van der Waals surface area contributed by atoms with Crippen LogP contribution in [0.5, 0.6) is 0 Å². The van der Waals surface area contributed by atoms with E-state index in [0.717, 1.165) is 11.1 Å². The first-order valence-corrected chi connectivity index (χ1v) is 12.6. The summed E-state index contributed by atoms with van der Waals surface area (Å²) < 4.78 is 27.2. The normalized spacial score (nSPS) is 15.3. The summed E-state index contributed by atoms with van der Waals surface area (Å²) in [6.07, 6.45) is 0. The number of hydrogen-bond acceptors (Lipinski definition) is 4. The van der Waals surface area contributed by atoms with Gasteiger partial charge in [-0.3, -0.25) is 9.69 Å². The van der Waals surface area contributed by atoms with Crippen molar-refractivity contribution in [3.05, 3.63) is 94.5 Å². The van der Waals surface area contributed by atoms with Crippen LogP contribution in [0.1, 0.15) is 21.5 Å². The number of hydrogen-bond donors (Lipinski definition) is 1. The van der Waals surface area contributed by atoms with Gasteiger partial charge >= 0.3 is 0 Å². The summed E-state index contributed by atoms with van der Waals surface area (Å²) in [5.41, 5.74) is 3.17. The first-order chi connectivity index (χ1) is 15.8. The van der Waals surface area contributed by atoms with E-state index in [2.05, 4.69) is 10.2 Å². The Balaban J connectivity index is 1.36. The van der Waals surface area contributed by atoms with Crippen LogP contribution >= 0.6 is 11.6 Å². The Labute approximate surface area is 199 Å². The maximum Gasteiger partial charge on any atom is 0.255 e. The fourth-order valence-corrected chi connectivity index (χ4v) is 5.44. The summed E-state index contributed by atoms with van der Waals surface area (Å²) in [6.45, 7) is 4.69. The van der Waals surface area contributed by atoms with Crippen molar-refractivity contribution in [1.29, 1.82) is 0 Å². The van der Waals surface area contributed by atoms with Gasteiger partial charge in [0.05, 0.1) is 4.90 Å². The number of aryl methyl sites for hydroxylation is 1. The van der Waals surface area contributed by atoms with Crippen molar-refractivity contribution in [2.45, 2.75) is 18.4 Å². The first-order valence-electron chi connectivity index (χ1n) is 10.8. The molecule has 8 heteroatoms. The average molecular weight is 484 g/mol. The number of carbonyl (C=O) groups excluding carboxylic acids is 1. The molecule has 0 aromatic heterocycles. The van der Waals surface area contributed by atoms with E-state index >= 15 is 0 Å². The van der Waals surface area contributed by atoms with Gasteiger partial charge < -0.3 is 5.32 Å². The number of nitrogens with one attached hydrogen (secondary N) is 1. The fourth-order valence-electron chi connectivity index (χ4n) is 3.81. The van der Waals surface area contributed by atoms with Crippen molar-refractivity contribution >= 4 is 33.2 Å². The van der Waals surface area contributed by atoms with Gasteiger partial charge in [0.15, 0.2) is 0 Å². The summed E-state index contributed by atoms with van der Waals surface area (Å²) in [4.78, 5) is 15.2. The molecule has 1 aliphatic rings. The first kappa shape index (κ1) is 23.4. The zero-order chi connectivity index (χ0) is 23.4. The molecule has 0 radical (unpaired) electrons. The van der Waals surface area contributed by atoms with E-state index < -0.39 is 10.0 Å². The largest absolute Gasteiger partial charge is 0.322 e. The molecule has 1 fully saturated rings. The van der Waals surface area contributed by atoms with Crippen LogP contribution in [0.3, 0.4) is 0 Å². The van der Waals surface area contributed by atoms with E-state index in [1.807, 2.05) is 37.3 Å². The Bertz CT molecular complexity index is 1240. The number of halogens is 1. The van der Waals surface area contributed by atoms with Crippen LogP contribution in [-0.4, -0.2) is 49.7 Å². The molecular weight excluding hydrogens is 458 g/mol. The zero-order valence-electron chi connectivity index (χ0n) is 18.4. The minimum absolute atomic E-state index is 0.199. The minimum atomic E-state index is -3.47. The van der Waals surface area contributed by atoms with Gasteiger partial charge in [-0.15, -0.1) is 0 Å². The maximum absolute atomic E-state index is 12.8. The van der Waals surface area contributed by atoms with Crippen LogP contribution in [0.2, 0.25) is 5.02 Å². The molecule has 1 saturated heterocycles. The smallest absolute Gasteiger partial charge is 0.255 e. The highest BCUT2D eigenvalue weighted by atomic mass is 35.5. The van der Waals surface area contributed by atoms with Gasteiger partial charge in [0.1, 0.15) is 0 Å². The zero-order valence-corrected chi connectivity index (χ0v) is 19.9. The summed E-state index contributed by atoms with van der Waals surface area (Å²) >= 11 is 6.15. The van der Waals surface area contributed by atoms with E-state index in [-0.39, 0.29) is 5.91 Å². The monoisotopic (exact) mass is 483 g/mol. The van der Waals surface area contributed by atoms with Gasteiger partial charge in [-0.05, 0) is 54.4 Å². The van der Waals surface area contributed by atoms with Crippen LogP contribution < -0.4 is 5.32 Å². The third-order valence-corrected chi connectivity index (χ3v) is 8.06. The van der Waals surface area contributed by atoms with E-state index in [1.165, 1.54) is 4.31 Å². The predicted molar refractivity (Wildman–Crippen MR) is 131 cm³/mol. The second kappa shape index (κ2) is 10.1. The molecule has 4 rings (SSSR count). The summed E-state index contributed by atoms with van der Waals surface area (Å²) in [7, 11) is -3.47. The summed E-state index contributed by atoms with van der Waals surface area (Å²) in [6, 6.07) is 21.5. The Hall–Kier alpha value is -2.71. The highest BCUT2D eigenvalue weighted by molar-refractivity contribution is 7.89. The van der Waals surface area contributed by atoms with Crippen molar-refractivity contribution in [2.75, 3.05) is 31.5 Å². The van der Waals surface area contributed by atoms with Crippen molar-refractivity contribution < 1.29 is 13.2 Å². The Morgan fingerprint density at radius 2 is 1.67 bits per heavy atom. The average Bonchev–Trinajstić information content (AvgIpc) is 2.82. The molecular formula is C25H26ClN3O3S. The van der Waals surface area contributed by atoms with Crippen molar-refractivity contribution in [1.82, 2.24) is 9.21 Å². The fraction of sp³-hybridized carbons (Fsp3) is 0.240. The van der Waals surface area contributed by atoms with Crippen LogP contribution in [0, 0.1) is 6.92 Å². The molecule has 1 N–H and O–H groups in total. The molecule has 0 unspecified atom stereocenters. The molecule has 1 amide bonds. The molecule has 0 bridgehead atoms. The van der Waals surface area contributed by atoms with Crippen molar-refractivity contribution in [3.8, 4) is 0 Å². The number of anilines is 1. The quantitative estimate of drug-likeness (QED) is 0.564. The third-order valence-electron chi connectivity index (χ3n) is 5.74. The molecule has 3 aromatic rings. The Kier molecular flexibility index (Phi) is 7.14. The molecule has 0 aliphatic carbocycles. The van der Waals surface area contributed by atoms with Gasteiger partial charge in [-0.25, -0.2) is 8.42 Å². The lowest BCUT2D eigenvalue weighted by atomic mass is 10.1. The van der Waals surface area contributed by atoms with Crippen LogP contribution in [0.25, 0.3) is 0 Å². The number of benzene rings is 3. The van der Waals surface area contributed by atoms with Gasteiger partial charge in [0.25, 0.3) is 5.91 Å². The number of rotatable bonds is 6. The van der Waals surface area contributed by atoms with Crippen molar-refractivity contribution in [2.24, 2.45) is 0 Å². The van der Waals surface area contributed by atoms with Crippen LogP contribution in [0.15, 0.2) is 77.7 Å². The molecule has 0 spiro atoms. The Morgan fingerprint density at radius 3 is 2.36 bits per heavy atom. The predicted octanol–water partition coefficient (Wildman–Crippen LogP) is 4.41. The molecule has 172 valence electrons. The molecule has 3 aromatic carbocycles. The molecule has 1 aliphatic heterocycles. The van der Waals surface area contributed by atoms with Gasteiger partial charge in [-0.2, -0.15) is 4.31 Å². The van der Waals surface area contributed by atoms with E-state index in [0.29, 0.717) is 53.9 Å². The topological polar surface area (TPSA) is 69.7 Å². The van der Waals surface area contributed by atoms with Crippen LogP contribution in [0.4, 0.5) is 5.69 Å². The molecule has 33 heavy (non-hydrogen) atoms. The standard InChI is InChI=1S/C25H26ClN3O3S/c1-19-10-11-22(17-24(19)26)27-25(30)21-7-5-6-20(16-21)18-28-12-14-29(15-13-28)33(31,32)23-8-3-2-4-9-23/h2-11,16-17H,12-15,18H2,1H3,(H,27,30).